The van der Waals surface area contributed by atoms with Gasteiger partial charge in [-0.05, 0) is 186 Å². The number of carboxylic acid groups (broad SMARTS) is 1. The molecule has 0 aromatic heterocycles. The Labute approximate surface area is 756 Å². The first kappa shape index (κ1) is 111. The van der Waals surface area contributed by atoms with Crippen molar-refractivity contribution in [2.24, 2.45) is 35.0 Å². The van der Waals surface area contributed by atoms with Crippen LogP contribution < -0.4 is 102 Å². The van der Waals surface area contributed by atoms with Crippen LogP contribution in [0.5, 0.6) is 11.5 Å². The third-order valence-electron chi connectivity index (χ3n) is 20.5. The van der Waals surface area contributed by atoms with Crippen LogP contribution in [0.1, 0.15) is 199 Å². The number of aromatic hydroxyl groups is 2. The number of benzene rings is 3. The summed E-state index contributed by atoms with van der Waals surface area (Å²) in [4.78, 5) is 261. The number of phenols is 2. The van der Waals surface area contributed by atoms with Crippen LogP contribution in [0.15, 0.2) is 78.9 Å². The molecule has 3 rings (SSSR count). The standard InChI is InChI=1S/C88H135N19O23/c1-45(2)39-61(76(121)95-58(70(91)115)25-21-22-38-89)98-75(120)60(35-37-68(113)114)97-82(127)69(51(10)108)104-80(125)65(42-53-23-19-18-20-24-53)102-78(123)64(43-54-26-30-56(110)31-27-54)101-79(124)66(44-55-28-32-57(111)33-29-55)103-85(130)88(16,17)107-81(126)63(41-47(5)6)100-77(122)62(40-46(3)4)99-74(119)59(34-36-67(90)112)96-71(116)48(7)93-83(128)86(12,13)106-73(118)50(9)94-84(129)87(14,15)105-72(117)49(8)92-52(11)109/h18-20,23-24,26-33,45-51,58-66,69,108,110-111H,21-22,25,34-44,89H2,1-17H3,(H2,90,112)(H2,91,115)(H,92,109)(H,93,128)(H,94,129)(H,95,121)(H,96,116)(H,97,127)(H,98,120)(H,99,119)(H,100,122)(H,101,124)(H,102,123)(H,103,130)(H,104,125)(H,105,117)(H,106,118)(H,107,126)(H,113,114)/t48-,49-,50-,51+,58-,59-,60-,61-,62-,63-,64-,65-,66-,69-/m0/s1. The lowest BCUT2D eigenvalue weighted by Gasteiger charge is -2.32. The van der Waals surface area contributed by atoms with Gasteiger partial charge in [-0.3, -0.25) is 91.1 Å². The van der Waals surface area contributed by atoms with E-state index < -0.39 is 239 Å². The van der Waals surface area contributed by atoms with Gasteiger partial charge in [-0.15, -0.1) is 0 Å². The van der Waals surface area contributed by atoms with Crippen molar-refractivity contribution in [1.29, 1.82) is 0 Å². The van der Waals surface area contributed by atoms with E-state index in [0.29, 0.717) is 36.1 Å². The summed E-state index contributed by atoms with van der Waals surface area (Å²) in [5, 5.41) is 82.1. The number of nitrogens with one attached hydrogen (secondary N) is 16. The second-order valence-corrected chi connectivity index (χ2v) is 35.3. The SMILES string of the molecule is CC(=O)N[C@@H](C)C(=O)NC(C)(C)C(=O)N[C@@H](C)C(=O)NC(C)(C)C(=O)N[C@@H](C)C(=O)N[C@@H](CCC(N)=O)C(=O)N[C@@H](CC(C)C)C(=O)N[C@@H](CC(C)C)C(=O)NC(C)(C)C(=O)N[C@@H](Cc1ccc(O)cc1)C(=O)N[C@@H](Cc1ccc(O)cc1)C(=O)N[C@@H](Cc1ccccc1)C(=O)N[C@H](C(=O)N[C@@H](CCC(=O)O)C(=O)N[C@@H](CC(C)C)C(=O)N[C@@H](CCCCN)C(N)=O)[C@@H](C)O. The fourth-order valence-electron chi connectivity index (χ4n) is 13.0. The minimum Gasteiger partial charge on any atom is -0.508 e. The molecule has 3 aromatic rings. The first-order valence-corrected chi connectivity index (χ1v) is 43.1. The van der Waals surface area contributed by atoms with E-state index in [2.05, 4.69) is 85.1 Å². The minimum atomic E-state index is -2.00. The number of unbranched alkanes of at least 4 members (excludes halogenated alkanes) is 1. The van der Waals surface area contributed by atoms with E-state index in [9.17, 15) is 102 Å². The number of phenolic OH excluding ortho intramolecular Hbond substituents is 2. The molecule has 720 valence electrons. The third-order valence-corrected chi connectivity index (χ3v) is 20.5. The lowest BCUT2D eigenvalue weighted by atomic mass is 9.97. The van der Waals surface area contributed by atoms with Gasteiger partial charge in [-0.25, -0.2) is 0 Å². The Kier molecular flexibility index (Phi) is 45.0. The first-order chi connectivity index (χ1) is 60.4. The summed E-state index contributed by atoms with van der Waals surface area (Å²) in [7, 11) is 0. The number of aliphatic hydroxyl groups is 1. The molecular formula is C88H135N19O23. The molecule has 42 heteroatoms. The van der Waals surface area contributed by atoms with E-state index in [-0.39, 0.29) is 74.2 Å². The van der Waals surface area contributed by atoms with Crippen LogP contribution in [0.2, 0.25) is 0 Å². The fraction of sp³-hybridized carbons (Fsp3) is 0.580. The highest BCUT2D eigenvalue weighted by atomic mass is 16.4. The summed E-state index contributed by atoms with van der Waals surface area (Å²) in [6.07, 6.45) is -4.21. The molecule has 0 radical (unpaired) electrons. The number of amides is 18. The number of primary amides is 2. The second-order valence-electron chi connectivity index (χ2n) is 35.3. The maximum Gasteiger partial charge on any atom is 0.303 e. The fourth-order valence-corrected chi connectivity index (χ4v) is 13.0. The second kappa shape index (κ2) is 52.5. The highest BCUT2D eigenvalue weighted by Crippen LogP contribution is 2.20. The number of carboxylic acids is 1. The van der Waals surface area contributed by atoms with E-state index in [1.807, 2.05) is 0 Å². The van der Waals surface area contributed by atoms with Crippen LogP contribution in [-0.2, 0) is 110 Å². The van der Waals surface area contributed by atoms with Gasteiger partial charge >= 0.3 is 5.97 Å². The Hall–Kier alpha value is -12.9. The van der Waals surface area contributed by atoms with Gasteiger partial charge in [0.25, 0.3) is 0 Å². The highest BCUT2D eigenvalue weighted by molar-refractivity contribution is 6.02. The molecule has 14 atom stereocenters. The molecule has 0 saturated heterocycles. The molecular weight excluding hydrogens is 1690 g/mol. The Morgan fingerprint density at radius 3 is 1.03 bits per heavy atom. The van der Waals surface area contributed by atoms with Crippen molar-refractivity contribution in [1.82, 2.24) is 85.1 Å². The highest BCUT2D eigenvalue weighted by Gasteiger charge is 2.42. The summed E-state index contributed by atoms with van der Waals surface area (Å²) >= 11 is 0. The maximum absolute atomic E-state index is 15.2. The van der Waals surface area contributed by atoms with Crippen molar-refractivity contribution in [2.75, 3.05) is 6.54 Å². The number of nitrogens with two attached hydrogens (primary N) is 3. The van der Waals surface area contributed by atoms with Crippen molar-refractivity contribution < 1.29 is 112 Å². The average molecular weight is 1830 g/mol. The number of aliphatic hydroxyl groups excluding tert-OH is 1. The molecule has 0 heterocycles. The molecule has 0 spiro atoms. The third kappa shape index (κ3) is 39.4. The van der Waals surface area contributed by atoms with Crippen LogP contribution in [0.4, 0.5) is 0 Å². The molecule has 130 heavy (non-hydrogen) atoms. The summed E-state index contributed by atoms with van der Waals surface area (Å²) in [5.41, 5.74) is 12.4. The van der Waals surface area contributed by atoms with Crippen molar-refractivity contribution in [3.8, 4) is 11.5 Å². The zero-order chi connectivity index (χ0) is 98.6. The van der Waals surface area contributed by atoms with Gasteiger partial charge in [0.1, 0.15) is 107 Å². The van der Waals surface area contributed by atoms with Crippen LogP contribution in [0.25, 0.3) is 0 Å². The molecule has 26 N–H and O–H groups in total. The van der Waals surface area contributed by atoms with Gasteiger partial charge in [0.15, 0.2) is 0 Å². The lowest BCUT2D eigenvalue weighted by molar-refractivity contribution is -0.139. The predicted molar refractivity (Wildman–Crippen MR) is 476 cm³/mol. The van der Waals surface area contributed by atoms with Gasteiger partial charge < -0.3 is 123 Å². The maximum atomic E-state index is 15.2. The number of hydrogen-bond acceptors (Lipinski definition) is 23. The average Bonchev–Trinajstić information content (AvgIpc) is 0.824. The van der Waals surface area contributed by atoms with Gasteiger partial charge in [0.2, 0.25) is 106 Å². The van der Waals surface area contributed by atoms with E-state index in [1.54, 1.807) is 71.9 Å². The van der Waals surface area contributed by atoms with Crippen LogP contribution in [0, 0.1) is 17.8 Å². The summed E-state index contributed by atoms with van der Waals surface area (Å²) in [6.45, 7) is 24.8. The molecule has 0 aliphatic heterocycles. The number of hydrogen-bond donors (Lipinski definition) is 23. The van der Waals surface area contributed by atoms with Crippen molar-refractivity contribution in [2.45, 2.75) is 302 Å². The quantitative estimate of drug-likeness (QED) is 0.0259. The smallest absolute Gasteiger partial charge is 0.303 e. The molecule has 0 aliphatic carbocycles. The van der Waals surface area contributed by atoms with Crippen LogP contribution in [0.3, 0.4) is 0 Å². The molecule has 0 unspecified atom stereocenters. The molecule has 3 aromatic carbocycles. The number of carbonyl (C=O) groups is 19. The van der Waals surface area contributed by atoms with Crippen LogP contribution >= 0.6 is 0 Å². The normalized spacial score (nSPS) is 14.8. The molecule has 0 saturated carbocycles. The number of rotatable bonds is 55. The van der Waals surface area contributed by atoms with Crippen LogP contribution in [-0.4, -0.2) is 241 Å². The van der Waals surface area contributed by atoms with Crippen molar-refractivity contribution in [3.05, 3.63) is 95.6 Å². The predicted octanol–water partition coefficient (Wildman–Crippen LogP) is -2.54. The largest absolute Gasteiger partial charge is 0.508 e. The Bertz CT molecular complexity index is 4430. The first-order valence-electron chi connectivity index (χ1n) is 43.1. The Balaban J connectivity index is 1.99. The Morgan fingerprint density at radius 1 is 0.338 bits per heavy atom. The van der Waals surface area contributed by atoms with Gasteiger partial charge in [0, 0.05) is 39.0 Å². The van der Waals surface area contributed by atoms with E-state index in [4.69, 9.17) is 17.2 Å². The molecule has 42 nitrogen and oxygen atoms in total. The molecule has 0 aliphatic rings. The van der Waals surface area contributed by atoms with Gasteiger partial charge in [0.05, 0.1) is 6.10 Å². The van der Waals surface area contributed by atoms with Crippen molar-refractivity contribution >= 4 is 112 Å². The van der Waals surface area contributed by atoms with E-state index in [0.717, 1.165) is 6.92 Å². The van der Waals surface area contributed by atoms with Crippen molar-refractivity contribution in [3.63, 3.8) is 0 Å². The number of aliphatic carboxylic acids is 1. The molecule has 0 bridgehead atoms. The summed E-state index contributed by atoms with van der Waals surface area (Å²) < 4.78 is 0. The zero-order valence-electron chi connectivity index (χ0n) is 77.0. The minimum absolute atomic E-state index is 0.0129. The van der Waals surface area contributed by atoms with Gasteiger partial charge in [-0.2, -0.15) is 0 Å². The topological polar surface area (TPSA) is 676 Å². The monoisotopic (exact) mass is 1830 g/mol. The Morgan fingerprint density at radius 2 is 0.654 bits per heavy atom. The molecule has 18 amide bonds. The van der Waals surface area contributed by atoms with Gasteiger partial charge in [-0.1, -0.05) is 96.1 Å². The summed E-state index contributed by atoms with van der Waals surface area (Å²) in [5.74, 6) is -19.5. The molecule has 0 fully saturated rings. The number of carbonyl (C=O) groups excluding carboxylic acids is 18. The lowest BCUT2D eigenvalue weighted by Crippen LogP contribution is -2.64. The zero-order valence-corrected chi connectivity index (χ0v) is 77.0. The summed E-state index contributed by atoms with van der Waals surface area (Å²) in [6, 6.07) is -0.583. The van der Waals surface area contributed by atoms with E-state index >= 15 is 9.59 Å². The van der Waals surface area contributed by atoms with E-state index in [1.165, 1.54) is 118 Å².